The van der Waals surface area contributed by atoms with Gasteiger partial charge in [0.15, 0.2) is 5.76 Å². The number of carbonyl (C=O) groups is 2. The normalized spacial score (nSPS) is 11.2. The van der Waals surface area contributed by atoms with Gasteiger partial charge in [0, 0.05) is 22.0 Å². The van der Waals surface area contributed by atoms with Crippen molar-refractivity contribution in [3.8, 4) is 0 Å². The van der Waals surface area contributed by atoms with E-state index >= 15 is 0 Å². The molecule has 0 saturated heterocycles. The van der Waals surface area contributed by atoms with Crippen LogP contribution in [-0.4, -0.2) is 11.7 Å². The van der Waals surface area contributed by atoms with Crippen molar-refractivity contribution in [1.29, 1.82) is 0 Å². The molecule has 6 heteroatoms. The lowest BCUT2D eigenvalue weighted by molar-refractivity contribution is -0.111. The molecule has 0 radical (unpaired) electrons. The van der Waals surface area contributed by atoms with Crippen LogP contribution in [0.2, 0.25) is 5.02 Å². The Hall–Kier alpha value is -3.57. The van der Waals surface area contributed by atoms with Gasteiger partial charge in [0.05, 0.1) is 12.0 Å². The molecule has 0 saturated carbocycles. The average molecular weight is 392 g/mol. The first-order valence-corrected chi connectivity index (χ1v) is 8.84. The summed E-state index contributed by atoms with van der Waals surface area (Å²) in [4.78, 5) is 25.3. The van der Waals surface area contributed by atoms with Crippen molar-refractivity contribution < 1.29 is 18.4 Å². The van der Waals surface area contributed by atoms with Crippen LogP contribution < -0.4 is 5.32 Å². The zero-order valence-corrected chi connectivity index (χ0v) is 15.3. The molecule has 0 atom stereocenters. The third kappa shape index (κ3) is 3.61. The van der Waals surface area contributed by atoms with Crippen molar-refractivity contribution in [2.75, 3.05) is 5.32 Å². The van der Waals surface area contributed by atoms with Gasteiger partial charge in [-0.3, -0.25) is 9.59 Å². The molecule has 1 N–H and O–H groups in total. The Labute approximate surface area is 165 Å². The molecule has 0 bridgehead atoms. The standard InChI is InChI=1S/C22H14ClNO4/c23-15-9-7-14(8-10-15)21(26)22-20(17-5-1-2-6-18(17)28-22)24-19(25)12-11-16-4-3-13-27-16/h1-13H,(H,24,25). The Balaban J connectivity index is 1.70. The van der Waals surface area contributed by atoms with Gasteiger partial charge in [-0.2, -0.15) is 0 Å². The molecule has 1 amide bonds. The largest absolute Gasteiger partial charge is 0.465 e. The van der Waals surface area contributed by atoms with Crippen molar-refractivity contribution >= 4 is 46.0 Å². The van der Waals surface area contributed by atoms with Crippen LogP contribution in [0.3, 0.4) is 0 Å². The van der Waals surface area contributed by atoms with Gasteiger partial charge in [-0.15, -0.1) is 0 Å². The molecule has 4 aromatic rings. The van der Waals surface area contributed by atoms with Crippen LogP contribution in [0.5, 0.6) is 0 Å². The van der Waals surface area contributed by atoms with Crippen LogP contribution in [0.1, 0.15) is 21.9 Å². The monoisotopic (exact) mass is 391 g/mol. The number of carbonyl (C=O) groups excluding carboxylic acids is 2. The van der Waals surface area contributed by atoms with Gasteiger partial charge in [0.2, 0.25) is 11.7 Å². The molecular formula is C22H14ClNO4. The lowest BCUT2D eigenvalue weighted by atomic mass is 10.1. The predicted molar refractivity (Wildman–Crippen MR) is 107 cm³/mol. The summed E-state index contributed by atoms with van der Waals surface area (Å²) in [6, 6.07) is 17.1. The zero-order chi connectivity index (χ0) is 19.5. The quantitative estimate of drug-likeness (QED) is 0.357. The van der Waals surface area contributed by atoms with Crippen molar-refractivity contribution in [1.82, 2.24) is 0 Å². The van der Waals surface area contributed by atoms with E-state index in [9.17, 15) is 9.59 Å². The van der Waals surface area contributed by atoms with Gasteiger partial charge in [0.1, 0.15) is 11.3 Å². The predicted octanol–water partition coefficient (Wildman–Crippen LogP) is 5.56. The number of furan rings is 2. The van der Waals surface area contributed by atoms with Crippen molar-refractivity contribution in [3.63, 3.8) is 0 Å². The fourth-order valence-electron chi connectivity index (χ4n) is 2.77. The van der Waals surface area contributed by atoms with Crippen LogP contribution in [0.15, 0.2) is 81.8 Å². The molecule has 28 heavy (non-hydrogen) atoms. The minimum atomic E-state index is -0.409. The summed E-state index contributed by atoms with van der Waals surface area (Å²) in [7, 11) is 0. The summed E-state index contributed by atoms with van der Waals surface area (Å²) in [5, 5.41) is 3.91. The number of rotatable bonds is 5. The Kier molecular flexibility index (Phi) is 4.83. The highest BCUT2D eigenvalue weighted by atomic mass is 35.5. The summed E-state index contributed by atoms with van der Waals surface area (Å²) < 4.78 is 10.9. The molecule has 0 spiro atoms. The number of benzene rings is 2. The van der Waals surface area contributed by atoms with E-state index in [0.717, 1.165) is 0 Å². The number of anilines is 1. The van der Waals surface area contributed by atoms with Crippen molar-refractivity contribution in [3.05, 3.63) is 95.1 Å². The fraction of sp³-hybridized carbons (Fsp3) is 0. The number of amides is 1. The second-order valence-corrected chi connectivity index (χ2v) is 6.41. The fourth-order valence-corrected chi connectivity index (χ4v) is 2.90. The molecule has 0 unspecified atom stereocenters. The lowest BCUT2D eigenvalue weighted by Gasteiger charge is -2.04. The van der Waals surface area contributed by atoms with E-state index in [1.54, 1.807) is 54.6 Å². The molecule has 5 nitrogen and oxygen atoms in total. The Morgan fingerprint density at radius 2 is 1.75 bits per heavy atom. The van der Waals surface area contributed by atoms with Gasteiger partial charge in [-0.05, 0) is 54.6 Å². The van der Waals surface area contributed by atoms with Gasteiger partial charge in [-0.1, -0.05) is 23.7 Å². The summed E-state index contributed by atoms with van der Waals surface area (Å²) in [5.41, 5.74) is 1.24. The maximum Gasteiger partial charge on any atom is 0.248 e. The van der Waals surface area contributed by atoms with Crippen molar-refractivity contribution in [2.24, 2.45) is 0 Å². The summed E-state index contributed by atoms with van der Waals surface area (Å²) >= 11 is 5.90. The van der Waals surface area contributed by atoms with E-state index in [1.165, 1.54) is 18.4 Å². The molecule has 138 valence electrons. The first kappa shape index (κ1) is 17.8. The third-order valence-corrected chi connectivity index (χ3v) is 4.35. The zero-order valence-electron chi connectivity index (χ0n) is 14.5. The molecule has 0 aliphatic rings. The Morgan fingerprint density at radius 1 is 0.964 bits per heavy atom. The lowest BCUT2D eigenvalue weighted by Crippen LogP contribution is -2.11. The summed E-state index contributed by atoms with van der Waals surface area (Å²) in [5.74, 6) is -0.153. The van der Waals surface area contributed by atoms with Crippen LogP contribution in [-0.2, 0) is 4.79 Å². The summed E-state index contributed by atoms with van der Waals surface area (Å²) in [6.07, 6.45) is 4.39. The minimum Gasteiger partial charge on any atom is -0.465 e. The van der Waals surface area contributed by atoms with Crippen LogP contribution >= 0.6 is 11.6 Å². The van der Waals surface area contributed by atoms with Crippen molar-refractivity contribution in [2.45, 2.75) is 0 Å². The molecule has 2 heterocycles. The number of hydrogen-bond acceptors (Lipinski definition) is 4. The average Bonchev–Trinajstić information content (AvgIpc) is 3.35. The minimum absolute atomic E-state index is 0.0586. The number of hydrogen-bond donors (Lipinski definition) is 1. The van der Waals surface area contributed by atoms with E-state index in [0.29, 0.717) is 33.0 Å². The van der Waals surface area contributed by atoms with Gasteiger partial charge in [0.25, 0.3) is 0 Å². The molecule has 2 aromatic carbocycles. The van der Waals surface area contributed by atoms with Gasteiger partial charge < -0.3 is 14.2 Å². The van der Waals surface area contributed by atoms with E-state index in [-0.39, 0.29) is 11.5 Å². The molecule has 0 fully saturated rings. The smallest absolute Gasteiger partial charge is 0.248 e. The second kappa shape index (κ2) is 7.58. The van der Waals surface area contributed by atoms with E-state index < -0.39 is 5.91 Å². The first-order chi connectivity index (χ1) is 13.6. The van der Waals surface area contributed by atoms with Crippen LogP contribution in [0, 0.1) is 0 Å². The number of halogens is 1. The maximum absolute atomic E-state index is 13.0. The Morgan fingerprint density at radius 3 is 2.50 bits per heavy atom. The number of fused-ring (bicyclic) bond motifs is 1. The molecule has 4 rings (SSSR count). The first-order valence-electron chi connectivity index (χ1n) is 8.46. The highest BCUT2D eigenvalue weighted by molar-refractivity contribution is 6.30. The highest BCUT2D eigenvalue weighted by Crippen LogP contribution is 2.32. The number of ketones is 1. The molecular weight excluding hydrogens is 378 g/mol. The highest BCUT2D eigenvalue weighted by Gasteiger charge is 2.22. The van der Waals surface area contributed by atoms with E-state index in [4.69, 9.17) is 20.4 Å². The SMILES string of the molecule is O=C(C=Cc1ccco1)Nc1c(C(=O)c2ccc(Cl)cc2)oc2ccccc12. The van der Waals surface area contributed by atoms with Gasteiger partial charge >= 0.3 is 0 Å². The van der Waals surface area contributed by atoms with Crippen LogP contribution in [0.25, 0.3) is 17.0 Å². The topological polar surface area (TPSA) is 72.5 Å². The maximum atomic E-state index is 13.0. The second-order valence-electron chi connectivity index (χ2n) is 5.98. The van der Waals surface area contributed by atoms with Gasteiger partial charge in [-0.25, -0.2) is 0 Å². The number of para-hydroxylation sites is 1. The molecule has 0 aliphatic carbocycles. The molecule has 0 aliphatic heterocycles. The molecule has 2 aromatic heterocycles. The summed E-state index contributed by atoms with van der Waals surface area (Å²) in [6.45, 7) is 0. The van der Waals surface area contributed by atoms with E-state index in [2.05, 4.69) is 5.32 Å². The van der Waals surface area contributed by atoms with Crippen LogP contribution in [0.4, 0.5) is 5.69 Å². The van der Waals surface area contributed by atoms with E-state index in [1.807, 2.05) is 6.07 Å². The third-order valence-electron chi connectivity index (χ3n) is 4.10. The number of nitrogens with one attached hydrogen (secondary N) is 1. The Bertz CT molecular complexity index is 1170.